The molecule has 7 nitrogen and oxygen atoms in total. The van der Waals surface area contributed by atoms with Gasteiger partial charge in [0.1, 0.15) is 23.9 Å². The lowest BCUT2D eigenvalue weighted by atomic mass is 9.91. The molecule has 1 fully saturated rings. The van der Waals surface area contributed by atoms with E-state index in [0.29, 0.717) is 48.0 Å². The van der Waals surface area contributed by atoms with Crippen LogP contribution in [0, 0.1) is 12.7 Å². The fourth-order valence-electron chi connectivity index (χ4n) is 4.06. The SMILES string of the molecule is COc1c(Cl)cc(C(N)=O)c(OCCNCC2(O)CCN(Cc3ccc(F)cc3)CC2)c1C. The number of carbonyl (C=O) groups excluding carboxylic acids is 1. The van der Waals surface area contributed by atoms with E-state index < -0.39 is 11.5 Å². The first-order valence-electron chi connectivity index (χ1n) is 10.9. The lowest BCUT2D eigenvalue weighted by Gasteiger charge is -2.38. The number of nitrogens with one attached hydrogen (secondary N) is 1. The van der Waals surface area contributed by atoms with Crippen LogP contribution in [0.5, 0.6) is 11.5 Å². The molecule has 180 valence electrons. The van der Waals surface area contributed by atoms with Crippen molar-refractivity contribution in [2.45, 2.75) is 31.9 Å². The number of piperidine rings is 1. The summed E-state index contributed by atoms with van der Waals surface area (Å²) in [5.74, 6) is -0.0879. The van der Waals surface area contributed by atoms with Gasteiger partial charge in [0.15, 0.2) is 0 Å². The number of halogens is 2. The molecule has 0 unspecified atom stereocenters. The van der Waals surface area contributed by atoms with Crippen molar-refractivity contribution >= 4 is 17.5 Å². The summed E-state index contributed by atoms with van der Waals surface area (Å²) in [6.45, 7) is 5.21. The van der Waals surface area contributed by atoms with Crippen molar-refractivity contribution in [2.75, 3.05) is 39.9 Å². The van der Waals surface area contributed by atoms with Crippen LogP contribution < -0.4 is 20.5 Å². The molecular weight excluding hydrogens is 449 g/mol. The summed E-state index contributed by atoms with van der Waals surface area (Å²) in [6, 6.07) is 7.96. The van der Waals surface area contributed by atoms with E-state index in [1.807, 2.05) is 0 Å². The van der Waals surface area contributed by atoms with E-state index in [0.717, 1.165) is 25.2 Å². The predicted molar refractivity (Wildman–Crippen MR) is 125 cm³/mol. The summed E-state index contributed by atoms with van der Waals surface area (Å²) in [6.07, 6.45) is 1.28. The normalized spacial score (nSPS) is 15.9. The van der Waals surface area contributed by atoms with Crippen LogP contribution in [-0.2, 0) is 6.54 Å². The summed E-state index contributed by atoms with van der Waals surface area (Å²) in [7, 11) is 1.50. The van der Waals surface area contributed by atoms with Gasteiger partial charge in [0.05, 0.1) is 23.3 Å². The van der Waals surface area contributed by atoms with Gasteiger partial charge in [-0.25, -0.2) is 4.39 Å². The van der Waals surface area contributed by atoms with E-state index in [1.165, 1.54) is 25.3 Å². The Labute approximate surface area is 198 Å². The monoisotopic (exact) mass is 479 g/mol. The zero-order valence-corrected chi connectivity index (χ0v) is 19.8. The molecule has 0 bridgehead atoms. The molecule has 0 atom stereocenters. The van der Waals surface area contributed by atoms with Gasteiger partial charge in [0.2, 0.25) is 0 Å². The Morgan fingerprint density at radius 2 is 1.94 bits per heavy atom. The summed E-state index contributed by atoms with van der Waals surface area (Å²) >= 11 is 6.15. The van der Waals surface area contributed by atoms with Gasteiger partial charge in [-0.05, 0) is 43.5 Å². The van der Waals surface area contributed by atoms with Crippen LogP contribution in [0.4, 0.5) is 4.39 Å². The number of nitrogens with two attached hydrogens (primary N) is 1. The van der Waals surface area contributed by atoms with E-state index in [-0.39, 0.29) is 18.0 Å². The third-order valence-electron chi connectivity index (χ3n) is 5.97. The molecular formula is C24H31ClFN3O4. The average molecular weight is 480 g/mol. The molecule has 2 aromatic rings. The molecule has 0 aliphatic carbocycles. The number of carbonyl (C=O) groups is 1. The maximum Gasteiger partial charge on any atom is 0.252 e. The van der Waals surface area contributed by atoms with Crippen molar-refractivity contribution < 1.29 is 23.8 Å². The van der Waals surface area contributed by atoms with Crippen LogP contribution >= 0.6 is 11.6 Å². The van der Waals surface area contributed by atoms with E-state index in [9.17, 15) is 14.3 Å². The van der Waals surface area contributed by atoms with Gasteiger partial charge in [0, 0.05) is 38.3 Å². The quantitative estimate of drug-likeness (QED) is 0.453. The Balaban J connectivity index is 1.45. The summed E-state index contributed by atoms with van der Waals surface area (Å²) in [5.41, 5.74) is 6.53. The molecule has 2 aromatic carbocycles. The topological polar surface area (TPSA) is 97.0 Å². The van der Waals surface area contributed by atoms with E-state index in [2.05, 4.69) is 10.2 Å². The van der Waals surface area contributed by atoms with Gasteiger partial charge in [-0.15, -0.1) is 0 Å². The number of ether oxygens (including phenoxy) is 2. The molecule has 0 radical (unpaired) electrons. The molecule has 1 heterocycles. The highest BCUT2D eigenvalue weighted by Gasteiger charge is 2.31. The van der Waals surface area contributed by atoms with Crippen molar-refractivity contribution in [1.82, 2.24) is 10.2 Å². The van der Waals surface area contributed by atoms with Crippen LogP contribution in [-0.4, -0.2) is 61.4 Å². The van der Waals surface area contributed by atoms with Crippen molar-refractivity contribution in [1.29, 1.82) is 0 Å². The zero-order valence-electron chi connectivity index (χ0n) is 19.0. The zero-order chi connectivity index (χ0) is 24.0. The van der Waals surface area contributed by atoms with Crippen molar-refractivity contribution in [2.24, 2.45) is 5.73 Å². The highest BCUT2D eigenvalue weighted by Crippen LogP contribution is 2.37. The van der Waals surface area contributed by atoms with Crippen LogP contribution in [0.3, 0.4) is 0 Å². The van der Waals surface area contributed by atoms with E-state index >= 15 is 0 Å². The van der Waals surface area contributed by atoms with Gasteiger partial charge in [-0.2, -0.15) is 0 Å². The minimum atomic E-state index is -0.795. The van der Waals surface area contributed by atoms with Crippen LogP contribution in [0.15, 0.2) is 30.3 Å². The number of aliphatic hydroxyl groups is 1. The first kappa shape index (κ1) is 25.2. The molecule has 0 aromatic heterocycles. The third kappa shape index (κ3) is 6.57. The van der Waals surface area contributed by atoms with Gasteiger partial charge in [-0.1, -0.05) is 23.7 Å². The summed E-state index contributed by atoms with van der Waals surface area (Å²) in [4.78, 5) is 14.1. The van der Waals surface area contributed by atoms with Crippen molar-refractivity contribution in [3.8, 4) is 11.5 Å². The van der Waals surface area contributed by atoms with Crippen molar-refractivity contribution in [3.63, 3.8) is 0 Å². The number of amides is 1. The van der Waals surface area contributed by atoms with Crippen LogP contribution in [0.2, 0.25) is 5.02 Å². The Bertz CT molecular complexity index is 963. The number of nitrogens with zero attached hydrogens (tertiary/aromatic N) is 1. The Kier molecular flexibility index (Phi) is 8.53. The number of rotatable bonds is 10. The molecule has 0 saturated carbocycles. The minimum Gasteiger partial charge on any atom is -0.495 e. The molecule has 0 spiro atoms. The number of primary amides is 1. The first-order chi connectivity index (χ1) is 15.7. The molecule has 1 aliphatic heterocycles. The lowest BCUT2D eigenvalue weighted by Crippen LogP contribution is -2.50. The second-order valence-corrected chi connectivity index (χ2v) is 8.82. The van der Waals surface area contributed by atoms with Gasteiger partial charge >= 0.3 is 0 Å². The summed E-state index contributed by atoms with van der Waals surface area (Å²) < 4.78 is 24.2. The maximum absolute atomic E-state index is 13.1. The van der Waals surface area contributed by atoms with E-state index in [1.54, 1.807) is 19.1 Å². The van der Waals surface area contributed by atoms with Crippen molar-refractivity contribution in [3.05, 3.63) is 57.9 Å². The second-order valence-electron chi connectivity index (χ2n) is 8.41. The molecule has 3 rings (SSSR count). The number of methoxy groups -OCH3 is 1. The molecule has 9 heteroatoms. The molecule has 33 heavy (non-hydrogen) atoms. The van der Waals surface area contributed by atoms with Gasteiger partial charge < -0.3 is 25.6 Å². The average Bonchev–Trinajstić information content (AvgIpc) is 2.78. The number of benzene rings is 2. The standard InChI is InChI=1S/C24H31ClFN3O4/c1-16-21(19(23(27)30)13-20(25)22(16)32-2)33-12-9-28-15-24(31)7-10-29(11-8-24)14-17-3-5-18(26)6-4-17/h3-6,13,28,31H,7-12,14-15H2,1-2H3,(H2,27,30). The maximum atomic E-state index is 13.1. The first-order valence-corrected chi connectivity index (χ1v) is 11.3. The van der Waals surface area contributed by atoms with Gasteiger partial charge in [-0.3, -0.25) is 9.69 Å². The number of hydrogen-bond acceptors (Lipinski definition) is 6. The highest BCUT2D eigenvalue weighted by atomic mass is 35.5. The predicted octanol–water partition coefficient (Wildman–Crippen LogP) is 2.89. The number of hydrogen-bond donors (Lipinski definition) is 3. The molecule has 1 aliphatic rings. The number of likely N-dealkylation sites (tertiary alicyclic amines) is 1. The summed E-state index contributed by atoms with van der Waals surface area (Å²) in [5, 5.41) is 14.4. The Hall–Kier alpha value is -2.39. The smallest absolute Gasteiger partial charge is 0.252 e. The lowest BCUT2D eigenvalue weighted by molar-refractivity contribution is -0.0219. The fourth-order valence-corrected chi connectivity index (χ4v) is 4.39. The van der Waals surface area contributed by atoms with Crippen LogP contribution in [0.25, 0.3) is 0 Å². The van der Waals surface area contributed by atoms with E-state index in [4.69, 9.17) is 26.8 Å². The van der Waals surface area contributed by atoms with Crippen LogP contribution in [0.1, 0.15) is 34.3 Å². The third-order valence-corrected chi connectivity index (χ3v) is 6.25. The fraction of sp³-hybridized carbons (Fsp3) is 0.458. The largest absolute Gasteiger partial charge is 0.495 e. The molecule has 4 N–H and O–H groups in total. The Morgan fingerprint density at radius 1 is 1.27 bits per heavy atom. The molecule has 1 amide bonds. The minimum absolute atomic E-state index is 0.199. The molecule has 1 saturated heterocycles. The Morgan fingerprint density at radius 3 is 2.55 bits per heavy atom. The second kappa shape index (κ2) is 11.2. The highest BCUT2D eigenvalue weighted by molar-refractivity contribution is 6.32. The van der Waals surface area contributed by atoms with Gasteiger partial charge in [0.25, 0.3) is 5.91 Å².